The second-order valence-electron chi connectivity index (χ2n) is 7.89. The van der Waals surface area contributed by atoms with Crippen molar-refractivity contribution in [3.05, 3.63) is 12.2 Å². The molecule has 0 heterocycles. The Morgan fingerprint density at radius 1 is 1.25 bits per heavy atom. The molecule has 1 rings (SSSR count). The van der Waals surface area contributed by atoms with Crippen LogP contribution in [0.15, 0.2) is 12.2 Å². The first-order valence-corrected chi connectivity index (χ1v) is 9.52. The molecule has 4 atom stereocenters. The fourth-order valence-electron chi connectivity index (χ4n) is 3.61. The zero-order valence-electron chi connectivity index (χ0n) is 16.2. The molecule has 3 unspecified atom stereocenters. The van der Waals surface area contributed by atoms with Crippen molar-refractivity contribution in [2.45, 2.75) is 85.2 Å². The summed E-state index contributed by atoms with van der Waals surface area (Å²) in [5.74, 6) is 1.45. The SMILES string of the molecule is C=C(C)C(=O)N[C@@H](CCCC)C(=O)NC1CC(C)CCC1C(C)C. The van der Waals surface area contributed by atoms with Crippen molar-refractivity contribution in [3.8, 4) is 0 Å². The van der Waals surface area contributed by atoms with Gasteiger partial charge in [-0.15, -0.1) is 0 Å². The van der Waals surface area contributed by atoms with Gasteiger partial charge in [0, 0.05) is 11.6 Å². The van der Waals surface area contributed by atoms with Crippen molar-refractivity contribution < 1.29 is 9.59 Å². The highest BCUT2D eigenvalue weighted by Crippen LogP contribution is 2.33. The number of rotatable bonds is 8. The summed E-state index contributed by atoms with van der Waals surface area (Å²) in [6.45, 7) is 14.1. The Morgan fingerprint density at radius 3 is 2.46 bits per heavy atom. The summed E-state index contributed by atoms with van der Waals surface area (Å²) in [7, 11) is 0. The molecule has 1 saturated carbocycles. The lowest BCUT2D eigenvalue weighted by molar-refractivity contribution is -0.128. The predicted molar refractivity (Wildman–Crippen MR) is 99.5 cm³/mol. The zero-order valence-corrected chi connectivity index (χ0v) is 16.2. The third-order valence-electron chi connectivity index (χ3n) is 5.21. The van der Waals surface area contributed by atoms with Gasteiger partial charge >= 0.3 is 0 Å². The molecular weight excluding hydrogens is 300 g/mol. The summed E-state index contributed by atoms with van der Waals surface area (Å²) in [6.07, 6.45) is 6.03. The molecule has 0 aromatic heterocycles. The van der Waals surface area contributed by atoms with Gasteiger partial charge in [0.05, 0.1) is 0 Å². The molecule has 0 aromatic carbocycles. The van der Waals surface area contributed by atoms with E-state index < -0.39 is 6.04 Å². The first-order chi connectivity index (χ1) is 11.3. The van der Waals surface area contributed by atoms with Gasteiger partial charge < -0.3 is 10.6 Å². The Hall–Kier alpha value is -1.32. The summed E-state index contributed by atoms with van der Waals surface area (Å²) in [5.41, 5.74) is 0.440. The number of unbranched alkanes of at least 4 members (excludes halogenated alkanes) is 1. The molecule has 1 aliphatic carbocycles. The lowest BCUT2D eigenvalue weighted by Crippen LogP contribution is -2.53. The van der Waals surface area contributed by atoms with Crippen LogP contribution < -0.4 is 10.6 Å². The van der Waals surface area contributed by atoms with Crippen LogP contribution in [0.5, 0.6) is 0 Å². The van der Waals surface area contributed by atoms with Crippen LogP contribution in [0.3, 0.4) is 0 Å². The van der Waals surface area contributed by atoms with E-state index in [1.54, 1.807) is 6.92 Å². The van der Waals surface area contributed by atoms with Crippen molar-refractivity contribution in [1.29, 1.82) is 0 Å². The largest absolute Gasteiger partial charge is 0.351 e. The summed E-state index contributed by atoms with van der Waals surface area (Å²) in [6, 6.07) is -0.244. The Kier molecular flexibility index (Phi) is 8.51. The fraction of sp³-hybridized carbons (Fsp3) is 0.800. The van der Waals surface area contributed by atoms with Crippen LogP contribution in [0.25, 0.3) is 0 Å². The van der Waals surface area contributed by atoms with Crippen LogP contribution in [-0.4, -0.2) is 23.9 Å². The minimum Gasteiger partial charge on any atom is -0.351 e. The second-order valence-corrected chi connectivity index (χ2v) is 7.89. The highest BCUT2D eigenvalue weighted by molar-refractivity contribution is 5.96. The molecule has 1 aliphatic rings. The van der Waals surface area contributed by atoms with Gasteiger partial charge in [-0.2, -0.15) is 0 Å². The molecule has 0 bridgehead atoms. The summed E-state index contributed by atoms with van der Waals surface area (Å²) < 4.78 is 0. The third kappa shape index (κ3) is 6.29. The number of amides is 2. The lowest BCUT2D eigenvalue weighted by atomic mass is 9.74. The van der Waals surface area contributed by atoms with Crippen LogP contribution >= 0.6 is 0 Å². The lowest BCUT2D eigenvalue weighted by Gasteiger charge is -2.38. The monoisotopic (exact) mass is 336 g/mol. The minimum absolute atomic E-state index is 0.0391. The summed E-state index contributed by atoms with van der Waals surface area (Å²) in [5, 5.41) is 6.10. The van der Waals surface area contributed by atoms with Gasteiger partial charge in [0.2, 0.25) is 11.8 Å². The Balaban J connectivity index is 2.76. The number of nitrogens with one attached hydrogen (secondary N) is 2. The molecule has 0 radical (unpaired) electrons. The van der Waals surface area contributed by atoms with Gasteiger partial charge in [-0.25, -0.2) is 0 Å². The van der Waals surface area contributed by atoms with E-state index in [1.165, 1.54) is 12.8 Å². The maximum absolute atomic E-state index is 12.8. The van der Waals surface area contributed by atoms with Crippen molar-refractivity contribution in [1.82, 2.24) is 10.6 Å². The van der Waals surface area contributed by atoms with Crippen molar-refractivity contribution >= 4 is 11.8 Å². The molecule has 0 aliphatic heterocycles. The maximum Gasteiger partial charge on any atom is 0.246 e. The van der Waals surface area contributed by atoms with E-state index in [1.807, 2.05) is 0 Å². The van der Waals surface area contributed by atoms with Gasteiger partial charge in [0.1, 0.15) is 6.04 Å². The molecule has 0 spiro atoms. The molecule has 4 nitrogen and oxygen atoms in total. The molecule has 1 fully saturated rings. The van der Waals surface area contributed by atoms with E-state index in [9.17, 15) is 9.59 Å². The quantitative estimate of drug-likeness (QED) is 0.662. The van der Waals surface area contributed by atoms with Gasteiger partial charge in [-0.3, -0.25) is 9.59 Å². The van der Waals surface area contributed by atoms with E-state index in [0.29, 0.717) is 29.7 Å². The standard InChI is InChI=1S/C20H36N2O2/c1-7-8-9-17(21-19(23)14(4)5)20(24)22-18-12-15(6)10-11-16(18)13(2)3/h13,15-18H,4,7-12H2,1-3,5-6H3,(H,21,23)(H,22,24)/t15?,16?,17-,18?/m0/s1. The van der Waals surface area contributed by atoms with Gasteiger partial charge in [-0.05, 0) is 43.9 Å². The van der Waals surface area contributed by atoms with Gasteiger partial charge in [-0.1, -0.05) is 53.5 Å². The fourth-order valence-corrected chi connectivity index (χ4v) is 3.61. The first-order valence-electron chi connectivity index (χ1n) is 9.52. The molecular formula is C20H36N2O2. The van der Waals surface area contributed by atoms with Gasteiger partial charge in [0.15, 0.2) is 0 Å². The van der Waals surface area contributed by atoms with E-state index in [4.69, 9.17) is 0 Å². The van der Waals surface area contributed by atoms with Crippen LogP contribution in [0.4, 0.5) is 0 Å². The second kappa shape index (κ2) is 9.85. The number of carbonyl (C=O) groups is 2. The highest BCUT2D eigenvalue weighted by atomic mass is 16.2. The molecule has 0 saturated heterocycles. The predicted octanol–water partition coefficient (Wildman–Crippen LogP) is 3.81. The minimum atomic E-state index is -0.459. The van der Waals surface area contributed by atoms with E-state index in [-0.39, 0.29) is 17.9 Å². The summed E-state index contributed by atoms with van der Waals surface area (Å²) >= 11 is 0. The number of carbonyl (C=O) groups excluding carboxylic acids is 2. The Morgan fingerprint density at radius 2 is 1.92 bits per heavy atom. The molecule has 138 valence electrons. The van der Waals surface area contributed by atoms with Crippen LogP contribution in [0.1, 0.15) is 73.1 Å². The highest BCUT2D eigenvalue weighted by Gasteiger charge is 2.33. The van der Waals surface area contributed by atoms with E-state index in [2.05, 4.69) is 44.9 Å². The van der Waals surface area contributed by atoms with Crippen molar-refractivity contribution in [2.75, 3.05) is 0 Å². The van der Waals surface area contributed by atoms with Crippen LogP contribution in [-0.2, 0) is 9.59 Å². The van der Waals surface area contributed by atoms with Crippen LogP contribution in [0, 0.1) is 17.8 Å². The average molecular weight is 337 g/mol. The normalized spacial score (nSPS) is 25.2. The average Bonchev–Trinajstić information content (AvgIpc) is 2.50. The molecule has 0 aromatic rings. The number of hydrogen-bond donors (Lipinski definition) is 2. The van der Waals surface area contributed by atoms with Crippen molar-refractivity contribution in [3.63, 3.8) is 0 Å². The Labute approximate surface area is 147 Å². The molecule has 2 N–H and O–H groups in total. The van der Waals surface area contributed by atoms with Gasteiger partial charge in [0.25, 0.3) is 0 Å². The van der Waals surface area contributed by atoms with Crippen LogP contribution in [0.2, 0.25) is 0 Å². The van der Waals surface area contributed by atoms with Crippen molar-refractivity contribution in [2.24, 2.45) is 17.8 Å². The first kappa shape index (κ1) is 20.7. The Bertz CT molecular complexity index is 445. The topological polar surface area (TPSA) is 58.2 Å². The van der Waals surface area contributed by atoms with E-state index in [0.717, 1.165) is 19.3 Å². The summed E-state index contributed by atoms with van der Waals surface area (Å²) in [4.78, 5) is 24.7. The molecule has 2 amide bonds. The molecule has 4 heteroatoms. The zero-order chi connectivity index (χ0) is 18.3. The smallest absolute Gasteiger partial charge is 0.246 e. The molecule has 24 heavy (non-hydrogen) atoms. The maximum atomic E-state index is 12.8. The van der Waals surface area contributed by atoms with E-state index >= 15 is 0 Å². The number of hydrogen-bond acceptors (Lipinski definition) is 2. The third-order valence-corrected chi connectivity index (χ3v) is 5.21.